The molecule has 2 N–H and O–H groups in total. The lowest BCUT2D eigenvalue weighted by Crippen LogP contribution is -2.50. The molecule has 2 fully saturated rings. The van der Waals surface area contributed by atoms with Crippen LogP contribution in [0.25, 0.3) is 0 Å². The molecule has 0 aromatic rings. The monoisotopic (exact) mass is 319 g/mol. The van der Waals surface area contributed by atoms with Crippen molar-refractivity contribution in [3.63, 3.8) is 0 Å². The van der Waals surface area contributed by atoms with Crippen molar-refractivity contribution in [3.05, 3.63) is 0 Å². The molecular formula is C14H29N3O3S. The van der Waals surface area contributed by atoms with Crippen LogP contribution in [0, 0.1) is 5.92 Å². The van der Waals surface area contributed by atoms with Crippen LogP contribution in [-0.2, 0) is 14.9 Å². The predicted molar refractivity (Wildman–Crippen MR) is 83.3 cm³/mol. The van der Waals surface area contributed by atoms with Crippen molar-refractivity contribution < 1.29 is 13.2 Å². The van der Waals surface area contributed by atoms with Gasteiger partial charge in [0.1, 0.15) is 0 Å². The van der Waals surface area contributed by atoms with Crippen molar-refractivity contribution >= 4 is 10.2 Å². The van der Waals surface area contributed by atoms with E-state index in [4.69, 9.17) is 4.74 Å². The Labute approximate surface area is 128 Å². The van der Waals surface area contributed by atoms with Gasteiger partial charge in [-0.15, -0.1) is 0 Å². The van der Waals surface area contributed by atoms with Gasteiger partial charge in [-0.25, -0.2) is 0 Å². The molecule has 0 aromatic carbocycles. The van der Waals surface area contributed by atoms with Crippen LogP contribution in [0.5, 0.6) is 0 Å². The van der Waals surface area contributed by atoms with Crippen LogP contribution in [-0.4, -0.2) is 57.7 Å². The molecule has 0 amide bonds. The molecule has 0 spiro atoms. The Kier molecular flexibility index (Phi) is 6.43. The van der Waals surface area contributed by atoms with Crippen LogP contribution in [0.2, 0.25) is 0 Å². The molecule has 0 saturated carbocycles. The van der Waals surface area contributed by atoms with Gasteiger partial charge in [-0.1, -0.05) is 6.92 Å². The molecule has 2 atom stereocenters. The highest BCUT2D eigenvalue weighted by Gasteiger charge is 2.31. The van der Waals surface area contributed by atoms with Crippen LogP contribution >= 0.6 is 0 Å². The molecule has 2 aliphatic rings. The van der Waals surface area contributed by atoms with E-state index in [1.165, 1.54) is 0 Å². The molecule has 0 bridgehead atoms. The molecule has 7 heteroatoms. The Morgan fingerprint density at radius 2 is 1.95 bits per heavy atom. The third-order valence-corrected chi connectivity index (χ3v) is 6.07. The van der Waals surface area contributed by atoms with Crippen molar-refractivity contribution in [3.8, 4) is 0 Å². The van der Waals surface area contributed by atoms with Crippen LogP contribution in [0.4, 0.5) is 0 Å². The summed E-state index contributed by atoms with van der Waals surface area (Å²) in [6, 6.07) is 0.0123. The standard InChI is InChI=1S/C14H29N3O3S/c1-3-15-11-13-4-7-17(8-5-13)21(18,19)16-14-6-9-20-12(2)10-14/h12-16H,3-11H2,1-2H3. The number of nitrogens with zero attached hydrogens (tertiary/aromatic N) is 1. The van der Waals surface area contributed by atoms with Gasteiger partial charge in [0.15, 0.2) is 0 Å². The second-order valence-electron chi connectivity index (χ2n) is 6.18. The lowest BCUT2D eigenvalue weighted by Gasteiger charge is -2.34. The zero-order chi connectivity index (χ0) is 15.3. The number of rotatable bonds is 6. The first kappa shape index (κ1) is 17.1. The van der Waals surface area contributed by atoms with E-state index < -0.39 is 10.2 Å². The van der Waals surface area contributed by atoms with E-state index in [0.29, 0.717) is 25.6 Å². The highest BCUT2D eigenvalue weighted by Crippen LogP contribution is 2.20. The zero-order valence-corrected chi connectivity index (χ0v) is 14.0. The molecule has 0 radical (unpaired) electrons. The molecule has 124 valence electrons. The highest BCUT2D eigenvalue weighted by atomic mass is 32.2. The summed E-state index contributed by atoms with van der Waals surface area (Å²) in [5.74, 6) is 0.597. The Bertz CT molecular complexity index is 408. The third kappa shape index (κ3) is 5.17. The zero-order valence-electron chi connectivity index (χ0n) is 13.2. The van der Waals surface area contributed by atoms with Gasteiger partial charge in [-0.3, -0.25) is 0 Å². The normalized spacial score (nSPS) is 29.6. The number of hydrogen-bond acceptors (Lipinski definition) is 4. The Balaban J connectivity index is 1.80. The number of nitrogens with one attached hydrogen (secondary N) is 2. The van der Waals surface area contributed by atoms with Crippen LogP contribution in [0.3, 0.4) is 0 Å². The minimum Gasteiger partial charge on any atom is -0.378 e. The van der Waals surface area contributed by atoms with E-state index in [0.717, 1.165) is 38.8 Å². The highest BCUT2D eigenvalue weighted by molar-refractivity contribution is 7.87. The average Bonchev–Trinajstić information content (AvgIpc) is 2.45. The van der Waals surface area contributed by atoms with E-state index in [1.54, 1.807) is 4.31 Å². The summed E-state index contributed by atoms with van der Waals surface area (Å²) in [4.78, 5) is 0. The quantitative estimate of drug-likeness (QED) is 0.756. The van der Waals surface area contributed by atoms with E-state index >= 15 is 0 Å². The van der Waals surface area contributed by atoms with Gasteiger partial charge in [0.25, 0.3) is 10.2 Å². The second-order valence-corrected chi connectivity index (χ2v) is 7.88. The van der Waals surface area contributed by atoms with Crippen LogP contribution < -0.4 is 10.0 Å². The van der Waals surface area contributed by atoms with Crippen molar-refractivity contribution in [2.45, 2.75) is 51.7 Å². The number of hydrogen-bond donors (Lipinski definition) is 2. The summed E-state index contributed by atoms with van der Waals surface area (Å²) in [5.41, 5.74) is 0. The maximum Gasteiger partial charge on any atom is 0.279 e. The van der Waals surface area contributed by atoms with Gasteiger partial charge in [0.2, 0.25) is 0 Å². The smallest absolute Gasteiger partial charge is 0.279 e. The predicted octanol–water partition coefficient (Wildman–Crippen LogP) is 0.710. The molecule has 2 rings (SSSR count). The van der Waals surface area contributed by atoms with Crippen molar-refractivity contribution in [1.82, 2.24) is 14.3 Å². The third-order valence-electron chi connectivity index (χ3n) is 4.40. The van der Waals surface area contributed by atoms with Gasteiger partial charge in [-0.2, -0.15) is 17.4 Å². The maximum atomic E-state index is 12.4. The summed E-state index contributed by atoms with van der Waals surface area (Å²) >= 11 is 0. The minimum atomic E-state index is -3.34. The van der Waals surface area contributed by atoms with E-state index in [1.807, 2.05) is 6.92 Å². The summed E-state index contributed by atoms with van der Waals surface area (Å²) in [5, 5.41) is 3.34. The lowest BCUT2D eigenvalue weighted by molar-refractivity contribution is 0.0170. The Hall–Kier alpha value is -0.210. The molecule has 2 aliphatic heterocycles. The van der Waals surface area contributed by atoms with Gasteiger partial charge < -0.3 is 10.1 Å². The molecule has 2 saturated heterocycles. The van der Waals surface area contributed by atoms with Crippen LogP contribution in [0.15, 0.2) is 0 Å². The first-order valence-corrected chi connectivity index (χ1v) is 9.55. The Morgan fingerprint density at radius 3 is 2.57 bits per heavy atom. The minimum absolute atomic E-state index is 0.0123. The SMILES string of the molecule is CCNCC1CCN(S(=O)(=O)NC2CCOC(C)C2)CC1. The van der Waals surface area contributed by atoms with Gasteiger partial charge in [0, 0.05) is 25.7 Å². The summed E-state index contributed by atoms with van der Waals surface area (Å²) < 4.78 is 34.8. The molecule has 0 aromatic heterocycles. The average molecular weight is 319 g/mol. The molecule has 2 heterocycles. The maximum absolute atomic E-state index is 12.4. The molecule has 0 aliphatic carbocycles. The van der Waals surface area contributed by atoms with E-state index in [9.17, 15) is 8.42 Å². The topological polar surface area (TPSA) is 70.7 Å². The van der Waals surface area contributed by atoms with E-state index in [-0.39, 0.29) is 12.1 Å². The van der Waals surface area contributed by atoms with Crippen LogP contribution in [0.1, 0.15) is 39.5 Å². The van der Waals surface area contributed by atoms with E-state index in [2.05, 4.69) is 17.0 Å². The lowest BCUT2D eigenvalue weighted by atomic mass is 9.98. The summed E-state index contributed by atoms with van der Waals surface area (Å²) in [7, 11) is -3.34. The van der Waals surface area contributed by atoms with Gasteiger partial charge >= 0.3 is 0 Å². The fraction of sp³-hybridized carbons (Fsp3) is 1.00. The molecule has 21 heavy (non-hydrogen) atoms. The number of ether oxygens (including phenoxy) is 1. The second kappa shape index (κ2) is 7.87. The largest absolute Gasteiger partial charge is 0.378 e. The molecular weight excluding hydrogens is 290 g/mol. The molecule has 6 nitrogen and oxygen atoms in total. The first-order chi connectivity index (χ1) is 10.0. The van der Waals surface area contributed by atoms with Crippen molar-refractivity contribution in [2.24, 2.45) is 5.92 Å². The first-order valence-electron chi connectivity index (χ1n) is 8.11. The fourth-order valence-corrected chi connectivity index (χ4v) is 4.57. The molecule has 2 unspecified atom stereocenters. The van der Waals surface area contributed by atoms with Crippen molar-refractivity contribution in [2.75, 3.05) is 32.8 Å². The number of piperidine rings is 1. The summed E-state index contributed by atoms with van der Waals surface area (Å²) in [6.45, 7) is 7.95. The van der Waals surface area contributed by atoms with Crippen molar-refractivity contribution in [1.29, 1.82) is 0 Å². The Morgan fingerprint density at radius 1 is 1.24 bits per heavy atom. The summed E-state index contributed by atoms with van der Waals surface area (Å²) in [6.07, 6.45) is 3.55. The van der Waals surface area contributed by atoms with Gasteiger partial charge in [-0.05, 0) is 51.6 Å². The van der Waals surface area contributed by atoms with Gasteiger partial charge in [0.05, 0.1) is 6.10 Å². The fourth-order valence-electron chi connectivity index (χ4n) is 3.09.